The lowest BCUT2D eigenvalue weighted by atomic mass is 9.95. The number of rotatable bonds is 5. The van der Waals surface area contributed by atoms with Gasteiger partial charge >= 0.3 is 0 Å². The molecule has 1 aliphatic carbocycles. The van der Waals surface area contributed by atoms with Crippen LogP contribution < -0.4 is 10.1 Å². The largest absolute Gasteiger partial charge is 0.490 e. The van der Waals surface area contributed by atoms with Gasteiger partial charge in [-0.15, -0.1) is 0 Å². The van der Waals surface area contributed by atoms with Crippen molar-refractivity contribution in [1.29, 1.82) is 0 Å². The van der Waals surface area contributed by atoms with Crippen LogP contribution >= 0.6 is 11.6 Å². The lowest BCUT2D eigenvalue weighted by Gasteiger charge is -2.32. The van der Waals surface area contributed by atoms with Crippen molar-refractivity contribution in [2.24, 2.45) is 5.92 Å². The maximum atomic E-state index is 12.9. The number of hydrogen-bond acceptors (Lipinski definition) is 3. The molecular formula is C19H25ClN2O3. The van der Waals surface area contributed by atoms with E-state index in [2.05, 4.69) is 5.32 Å². The molecule has 3 rings (SSSR count). The average molecular weight is 365 g/mol. The highest BCUT2D eigenvalue weighted by Crippen LogP contribution is 2.28. The van der Waals surface area contributed by atoms with Crippen molar-refractivity contribution in [2.45, 2.75) is 51.7 Å². The van der Waals surface area contributed by atoms with Crippen LogP contribution in [0.15, 0.2) is 18.2 Å². The van der Waals surface area contributed by atoms with Gasteiger partial charge in [-0.25, -0.2) is 0 Å². The molecule has 2 fully saturated rings. The Morgan fingerprint density at radius 3 is 2.48 bits per heavy atom. The first kappa shape index (κ1) is 18.1. The van der Waals surface area contributed by atoms with Crippen molar-refractivity contribution in [3.05, 3.63) is 28.8 Å². The number of carbonyl (C=O) groups excluding carboxylic acids is 2. The summed E-state index contributed by atoms with van der Waals surface area (Å²) in [5, 5.41) is 3.57. The van der Waals surface area contributed by atoms with Crippen molar-refractivity contribution < 1.29 is 14.3 Å². The number of nitrogens with zero attached hydrogens (tertiary/aromatic N) is 1. The molecule has 25 heavy (non-hydrogen) atoms. The van der Waals surface area contributed by atoms with Crippen molar-refractivity contribution in [3.63, 3.8) is 0 Å². The summed E-state index contributed by atoms with van der Waals surface area (Å²) < 4.78 is 5.75. The minimum atomic E-state index is -0.0841. The Morgan fingerprint density at radius 1 is 1.20 bits per heavy atom. The predicted molar refractivity (Wildman–Crippen MR) is 97.0 cm³/mol. The second-order valence-electron chi connectivity index (χ2n) is 7.16. The van der Waals surface area contributed by atoms with Gasteiger partial charge in [-0.2, -0.15) is 0 Å². The van der Waals surface area contributed by atoms with Gasteiger partial charge in [-0.05, 0) is 57.7 Å². The fourth-order valence-corrected chi connectivity index (χ4v) is 3.26. The average Bonchev–Trinajstić information content (AvgIpc) is 3.39. The summed E-state index contributed by atoms with van der Waals surface area (Å²) in [4.78, 5) is 26.9. The van der Waals surface area contributed by atoms with E-state index in [4.69, 9.17) is 16.3 Å². The Labute approximate surface area is 153 Å². The molecule has 1 saturated heterocycles. The smallest absolute Gasteiger partial charge is 0.257 e. The molecule has 1 aromatic rings. The van der Waals surface area contributed by atoms with Crippen LogP contribution in [-0.2, 0) is 4.79 Å². The molecular weight excluding hydrogens is 340 g/mol. The van der Waals surface area contributed by atoms with E-state index in [9.17, 15) is 9.59 Å². The maximum absolute atomic E-state index is 12.9. The highest BCUT2D eigenvalue weighted by atomic mass is 35.5. The van der Waals surface area contributed by atoms with Gasteiger partial charge in [0.05, 0.1) is 11.7 Å². The zero-order valence-corrected chi connectivity index (χ0v) is 15.5. The Kier molecular flexibility index (Phi) is 5.52. The summed E-state index contributed by atoms with van der Waals surface area (Å²) in [6.07, 6.45) is 3.56. The third kappa shape index (κ3) is 4.66. The summed E-state index contributed by atoms with van der Waals surface area (Å²) >= 11 is 6.08. The number of carbonyl (C=O) groups is 2. The Hall–Kier alpha value is -1.75. The molecule has 1 N–H and O–H groups in total. The van der Waals surface area contributed by atoms with Crippen LogP contribution in [-0.4, -0.2) is 41.9 Å². The molecule has 6 heteroatoms. The van der Waals surface area contributed by atoms with Gasteiger partial charge in [-0.1, -0.05) is 11.6 Å². The SMILES string of the molecule is CC(C)Oc1ccc(Cl)cc1C(=O)N1CCC(C(=O)NC2CC2)CC1. The van der Waals surface area contributed by atoms with Crippen LogP contribution in [0.25, 0.3) is 0 Å². The summed E-state index contributed by atoms with van der Waals surface area (Å²) in [5.74, 6) is 0.619. The van der Waals surface area contributed by atoms with Crippen LogP contribution in [0.2, 0.25) is 5.02 Å². The fraction of sp³-hybridized carbons (Fsp3) is 0.579. The molecule has 5 nitrogen and oxygen atoms in total. The number of amides is 2. The minimum Gasteiger partial charge on any atom is -0.490 e. The predicted octanol–water partition coefficient (Wildman–Crippen LogP) is 3.26. The first-order valence-electron chi connectivity index (χ1n) is 9.00. The second kappa shape index (κ2) is 7.65. The normalized spacial score (nSPS) is 18.3. The highest BCUT2D eigenvalue weighted by Gasteiger charge is 2.32. The van der Waals surface area contributed by atoms with Crippen molar-refractivity contribution in [3.8, 4) is 5.75 Å². The van der Waals surface area contributed by atoms with Gasteiger partial charge in [0.1, 0.15) is 5.75 Å². The molecule has 0 atom stereocenters. The first-order chi connectivity index (χ1) is 11.9. The monoisotopic (exact) mass is 364 g/mol. The summed E-state index contributed by atoms with van der Waals surface area (Å²) in [5.41, 5.74) is 0.488. The summed E-state index contributed by atoms with van der Waals surface area (Å²) in [6, 6.07) is 5.51. The fourth-order valence-electron chi connectivity index (χ4n) is 3.09. The summed E-state index contributed by atoms with van der Waals surface area (Å²) in [6.45, 7) is 5.00. The molecule has 2 aliphatic rings. The van der Waals surface area contributed by atoms with E-state index < -0.39 is 0 Å². The lowest BCUT2D eigenvalue weighted by Crippen LogP contribution is -2.43. The molecule has 0 bridgehead atoms. The Bertz CT molecular complexity index is 650. The van der Waals surface area contributed by atoms with Crippen molar-refractivity contribution in [1.82, 2.24) is 10.2 Å². The Balaban J connectivity index is 1.64. The van der Waals surface area contributed by atoms with Gasteiger partial charge in [-0.3, -0.25) is 9.59 Å². The molecule has 2 amide bonds. The van der Waals surface area contributed by atoms with E-state index in [0.29, 0.717) is 48.3 Å². The van der Waals surface area contributed by atoms with Gasteiger partial charge < -0.3 is 15.0 Å². The Morgan fingerprint density at radius 2 is 1.88 bits per heavy atom. The molecule has 136 valence electrons. The molecule has 1 aliphatic heterocycles. The molecule has 1 saturated carbocycles. The summed E-state index contributed by atoms with van der Waals surface area (Å²) in [7, 11) is 0. The first-order valence-corrected chi connectivity index (χ1v) is 9.37. The number of nitrogens with one attached hydrogen (secondary N) is 1. The zero-order chi connectivity index (χ0) is 18.0. The zero-order valence-electron chi connectivity index (χ0n) is 14.8. The molecule has 0 radical (unpaired) electrons. The topological polar surface area (TPSA) is 58.6 Å². The highest BCUT2D eigenvalue weighted by molar-refractivity contribution is 6.31. The number of hydrogen-bond donors (Lipinski definition) is 1. The van der Waals surface area contributed by atoms with Crippen LogP contribution in [0.3, 0.4) is 0 Å². The number of ether oxygens (including phenoxy) is 1. The van der Waals surface area contributed by atoms with Gasteiger partial charge in [0.2, 0.25) is 5.91 Å². The molecule has 0 spiro atoms. The third-order valence-electron chi connectivity index (χ3n) is 4.61. The van der Waals surface area contributed by atoms with E-state index >= 15 is 0 Å². The van der Waals surface area contributed by atoms with E-state index in [1.807, 2.05) is 13.8 Å². The van der Waals surface area contributed by atoms with Crippen molar-refractivity contribution >= 4 is 23.4 Å². The van der Waals surface area contributed by atoms with Crippen LogP contribution in [0.1, 0.15) is 49.9 Å². The maximum Gasteiger partial charge on any atom is 0.257 e. The molecule has 0 unspecified atom stereocenters. The lowest BCUT2D eigenvalue weighted by molar-refractivity contribution is -0.126. The van der Waals surface area contributed by atoms with Gasteiger partial charge in [0.25, 0.3) is 5.91 Å². The number of piperidine rings is 1. The van der Waals surface area contributed by atoms with Crippen LogP contribution in [0, 0.1) is 5.92 Å². The molecule has 1 aromatic carbocycles. The number of halogens is 1. The minimum absolute atomic E-state index is 0.00963. The van der Waals surface area contributed by atoms with Crippen LogP contribution in [0.5, 0.6) is 5.75 Å². The van der Waals surface area contributed by atoms with Gasteiger partial charge in [0, 0.05) is 30.1 Å². The second-order valence-corrected chi connectivity index (χ2v) is 7.59. The van der Waals surface area contributed by atoms with E-state index in [1.54, 1.807) is 23.1 Å². The van der Waals surface area contributed by atoms with Gasteiger partial charge in [0.15, 0.2) is 0 Å². The van der Waals surface area contributed by atoms with Crippen LogP contribution in [0.4, 0.5) is 0 Å². The van der Waals surface area contributed by atoms with E-state index in [-0.39, 0.29) is 23.8 Å². The van der Waals surface area contributed by atoms with E-state index in [0.717, 1.165) is 12.8 Å². The standard InChI is InChI=1S/C19H25ClN2O3/c1-12(2)25-17-6-3-14(20)11-16(17)19(24)22-9-7-13(8-10-22)18(23)21-15-4-5-15/h3,6,11-13,15H,4-5,7-10H2,1-2H3,(H,21,23). The number of benzene rings is 1. The number of likely N-dealkylation sites (tertiary alicyclic amines) is 1. The molecule has 0 aromatic heterocycles. The quantitative estimate of drug-likeness (QED) is 0.872. The third-order valence-corrected chi connectivity index (χ3v) is 4.85. The van der Waals surface area contributed by atoms with E-state index in [1.165, 1.54) is 0 Å². The van der Waals surface area contributed by atoms with Crippen molar-refractivity contribution in [2.75, 3.05) is 13.1 Å². The molecule has 1 heterocycles.